The van der Waals surface area contributed by atoms with E-state index in [4.69, 9.17) is 4.74 Å². The maximum atomic E-state index is 14.1. The lowest BCUT2D eigenvalue weighted by atomic mass is 10.1. The Labute approximate surface area is 183 Å². The summed E-state index contributed by atoms with van der Waals surface area (Å²) in [6.45, 7) is -0.343. The molecule has 1 heterocycles. The number of hydrogen-bond acceptors (Lipinski definition) is 4. The Morgan fingerprint density at radius 2 is 1.75 bits per heavy atom. The standard InChI is InChI=1S/C24H20FN3O4/c25-19-9-5-4-8-17(19)14-28-20-12-18(10-11-21(20)32-15-23(28)30)27-22(29)13-26-24(31)16-6-2-1-3-7-16/h1-12H,13-15H2,(H,26,31)(H,27,29). The molecule has 0 saturated carbocycles. The number of fused-ring (bicyclic) bond motifs is 1. The number of halogens is 1. The molecule has 3 amide bonds. The summed E-state index contributed by atoms with van der Waals surface area (Å²) in [4.78, 5) is 38.3. The van der Waals surface area contributed by atoms with Gasteiger partial charge in [-0.1, -0.05) is 36.4 Å². The van der Waals surface area contributed by atoms with E-state index in [1.165, 1.54) is 11.0 Å². The van der Waals surface area contributed by atoms with E-state index in [0.717, 1.165) is 0 Å². The third-order valence-electron chi connectivity index (χ3n) is 4.92. The van der Waals surface area contributed by atoms with Crippen molar-refractivity contribution in [1.29, 1.82) is 0 Å². The van der Waals surface area contributed by atoms with Crippen LogP contribution >= 0.6 is 0 Å². The maximum absolute atomic E-state index is 14.1. The van der Waals surface area contributed by atoms with Gasteiger partial charge in [-0.25, -0.2) is 4.39 Å². The predicted molar refractivity (Wildman–Crippen MR) is 117 cm³/mol. The summed E-state index contributed by atoms with van der Waals surface area (Å²) in [5.74, 6) is -1.07. The van der Waals surface area contributed by atoms with Crippen LogP contribution in [0.3, 0.4) is 0 Å². The zero-order valence-electron chi connectivity index (χ0n) is 17.0. The molecule has 8 heteroatoms. The number of nitrogens with zero attached hydrogens (tertiary/aromatic N) is 1. The van der Waals surface area contributed by atoms with Crippen LogP contribution in [0.2, 0.25) is 0 Å². The summed E-state index contributed by atoms with van der Waals surface area (Å²) < 4.78 is 19.6. The SMILES string of the molecule is O=C(CNC(=O)c1ccccc1)Nc1ccc2c(c1)N(Cc1ccccc1F)C(=O)CO2. The molecule has 0 radical (unpaired) electrons. The Morgan fingerprint density at radius 1 is 1.00 bits per heavy atom. The highest BCUT2D eigenvalue weighted by Gasteiger charge is 2.27. The number of carbonyl (C=O) groups excluding carboxylic acids is 3. The monoisotopic (exact) mass is 433 g/mol. The minimum absolute atomic E-state index is 0.0341. The number of nitrogens with one attached hydrogen (secondary N) is 2. The van der Waals surface area contributed by atoms with Crippen molar-refractivity contribution < 1.29 is 23.5 Å². The molecule has 0 saturated heterocycles. The quantitative estimate of drug-likeness (QED) is 0.625. The van der Waals surface area contributed by atoms with E-state index in [-0.39, 0.29) is 31.5 Å². The van der Waals surface area contributed by atoms with Crippen molar-refractivity contribution in [1.82, 2.24) is 5.32 Å². The number of rotatable bonds is 6. The first-order valence-corrected chi connectivity index (χ1v) is 9.95. The third kappa shape index (κ3) is 4.75. The van der Waals surface area contributed by atoms with Gasteiger partial charge in [-0.2, -0.15) is 0 Å². The molecule has 7 nitrogen and oxygen atoms in total. The molecule has 0 atom stereocenters. The van der Waals surface area contributed by atoms with E-state index in [2.05, 4.69) is 10.6 Å². The number of ether oxygens (including phenoxy) is 1. The lowest BCUT2D eigenvalue weighted by molar-refractivity contribution is -0.121. The molecular formula is C24H20FN3O4. The molecule has 1 aliphatic rings. The third-order valence-corrected chi connectivity index (χ3v) is 4.92. The van der Waals surface area contributed by atoms with Crippen molar-refractivity contribution in [3.05, 3.63) is 89.7 Å². The second kappa shape index (κ2) is 9.30. The Balaban J connectivity index is 1.45. The minimum Gasteiger partial charge on any atom is -0.482 e. The van der Waals surface area contributed by atoms with Gasteiger partial charge in [0.15, 0.2) is 6.61 Å². The highest BCUT2D eigenvalue weighted by Crippen LogP contribution is 2.35. The van der Waals surface area contributed by atoms with Crippen molar-refractivity contribution >= 4 is 29.1 Å². The fourth-order valence-electron chi connectivity index (χ4n) is 3.31. The van der Waals surface area contributed by atoms with Crippen molar-refractivity contribution in [3.63, 3.8) is 0 Å². The molecule has 2 N–H and O–H groups in total. The molecule has 0 unspecified atom stereocenters. The second-order valence-corrected chi connectivity index (χ2v) is 7.14. The molecule has 0 fully saturated rings. The summed E-state index contributed by atoms with van der Waals surface area (Å²) in [5, 5.41) is 5.24. The van der Waals surface area contributed by atoms with Crippen LogP contribution in [-0.2, 0) is 16.1 Å². The molecule has 3 aromatic carbocycles. The zero-order valence-corrected chi connectivity index (χ0v) is 17.0. The van der Waals surface area contributed by atoms with E-state index in [1.807, 2.05) is 0 Å². The lowest BCUT2D eigenvalue weighted by Crippen LogP contribution is -2.38. The normalized spacial score (nSPS) is 12.5. The van der Waals surface area contributed by atoms with Gasteiger partial charge in [-0.15, -0.1) is 0 Å². The maximum Gasteiger partial charge on any atom is 0.265 e. The van der Waals surface area contributed by atoms with E-state index in [0.29, 0.717) is 28.3 Å². The van der Waals surface area contributed by atoms with E-state index < -0.39 is 11.7 Å². The first kappa shape index (κ1) is 21.0. The van der Waals surface area contributed by atoms with Gasteiger partial charge in [0, 0.05) is 16.8 Å². The van der Waals surface area contributed by atoms with E-state index in [9.17, 15) is 18.8 Å². The van der Waals surface area contributed by atoms with E-state index in [1.54, 1.807) is 66.7 Å². The van der Waals surface area contributed by atoms with Crippen LogP contribution in [0, 0.1) is 5.82 Å². The van der Waals surface area contributed by atoms with Gasteiger partial charge >= 0.3 is 0 Å². The molecule has 3 aromatic rings. The van der Waals surface area contributed by atoms with Crippen molar-refractivity contribution in [2.45, 2.75) is 6.54 Å². The summed E-state index contributed by atoms with van der Waals surface area (Å²) >= 11 is 0. The average molecular weight is 433 g/mol. The molecule has 0 aliphatic carbocycles. The van der Waals surface area contributed by atoms with Gasteiger partial charge < -0.3 is 20.3 Å². The van der Waals surface area contributed by atoms with Crippen molar-refractivity contribution in [2.24, 2.45) is 0 Å². The molecule has 4 rings (SSSR count). The summed E-state index contributed by atoms with van der Waals surface area (Å²) in [6.07, 6.45) is 0. The molecular weight excluding hydrogens is 413 g/mol. The van der Waals surface area contributed by atoms with Crippen LogP contribution in [0.25, 0.3) is 0 Å². The van der Waals surface area contributed by atoms with Crippen LogP contribution in [0.15, 0.2) is 72.8 Å². The number of amides is 3. The van der Waals surface area contributed by atoms with Gasteiger partial charge in [0.1, 0.15) is 11.6 Å². The number of hydrogen-bond donors (Lipinski definition) is 2. The fourth-order valence-corrected chi connectivity index (χ4v) is 3.31. The number of carbonyl (C=O) groups is 3. The smallest absolute Gasteiger partial charge is 0.265 e. The summed E-state index contributed by atoms with van der Waals surface area (Å²) in [7, 11) is 0. The largest absolute Gasteiger partial charge is 0.482 e. The van der Waals surface area contributed by atoms with Crippen LogP contribution in [0.5, 0.6) is 5.75 Å². The Morgan fingerprint density at radius 3 is 2.53 bits per heavy atom. The van der Waals surface area contributed by atoms with Gasteiger partial charge in [-0.3, -0.25) is 14.4 Å². The topological polar surface area (TPSA) is 87.7 Å². The Kier molecular flexibility index (Phi) is 6.12. The molecule has 0 spiro atoms. The Bertz CT molecular complexity index is 1170. The van der Waals surface area contributed by atoms with Crippen LogP contribution in [-0.4, -0.2) is 30.9 Å². The second-order valence-electron chi connectivity index (χ2n) is 7.14. The highest BCUT2D eigenvalue weighted by molar-refractivity contribution is 6.01. The predicted octanol–water partition coefficient (Wildman–Crippen LogP) is 3.12. The van der Waals surface area contributed by atoms with Gasteiger partial charge in [-0.05, 0) is 36.4 Å². The van der Waals surface area contributed by atoms with Crippen molar-refractivity contribution in [2.75, 3.05) is 23.4 Å². The van der Waals surface area contributed by atoms with Crippen molar-refractivity contribution in [3.8, 4) is 5.75 Å². The van der Waals surface area contributed by atoms with Gasteiger partial charge in [0.2, 0.25) is 5.91 Å². The average Bonchev–Trinajstić information content (AvgIpc) is 2.81. The molecule has 0 bridgehead atoms. The Hall–Kier alpha value is -4.20. The van der Waals surface area contributed by atoms with Crippen LogP contribution < -0.4 is 20.3 Å². The van der Waals surface area contributed by atoms with E-state index >= 15 is 0 Å². The molecule has 162 valence electrons. The molecule has 0 aromatic heterocycles. The van der Waals surface area contributed by atoms with Gasteiger partial charge in [0.25, 0.3) is 11.8 Å². The number of anilines is 2. The fraction of sp³-hybridized carbons (Fsp3) is 0.125. The van der Waals surface area contributed by atoms with Crippen LogP contribution in [0.1, 0.15) is 15.9 Å². The number of benzene rings is 3. The molecule has 32 heavy (non-hydrogen) atoms. The zero-order chi connectivity index (χ0) is 22.5. The lowest BCUT2D eigenvalue weighted by Gasteiger charge is -2.30. The molecule has 1 aliphatic heterocycles. The summed E-state index contributed by atoms with van der Waals surface area (Å²) in [6, 6.07) is 19.6. The first-order chi connectivity index (χ1) is 15.5. The summed E-state index contributed by atoms with van der Waals surface area (Å²) in [5.41, 5.74) is 1.66. The van der Waals surface area contributed by atoms with Crippen LogP contribution in [0.4, 0.5) is 15.8 Å². The minimum atomic E-state index is -0.432. The highest BCUT2D eigenvalue weighted by atomic mass is 19.1. The van der Waals surface area contributed by atoms with Gasteiger partial charge in [0.05, 0.1) is 18.8 Å². The first-order valence-electron chi connectivity index (χ1n) is 9.95.